The number of carbonyl (C=O) groups excluding carboxylic acids is 1. The van der Waals surface area contributed by atoms with Crippen LogP contribution in [-0.4, -0.2) is 25.1 Å². The van der Waals surface area contributed by atoms with E-state index in [4.69, 9.17) is 9.47 Å². The van der Waals surface area contributed by atoms with Crippen LogP contribution in [0.15, 0.2) is 36.7 Å². The number of methoxy groups -OCH3 is 2. The van der Waals surface area contributed by atoms with Gasteiger partial charge >= 0.3 is 0 Å². The van der Waals surface area contributed by atoms with Gasteiger partial charge in [-0.2, -0.15) is 0 Å². The second kappa shape index (κ2) is 6.06. The van der Waals surface area contributed by atoms with Crippen LogP contribution >= 0.6 is 0 Å². The van der Waals surface area contributed by atoms with Crippen molar-refractivity contribution in [3.63, 3.8) is 0 Å². The van der Waals surface area contributed by atoms with Crippen molar-refractivity contribution in [2.45, 2.75) is 6.92 Å². The number of anilines is 1. The van der Waals surface area contributed by atoms with E-state index in [1.807, 2.05) is 6.92 Å². The molecule has 1 heterocycles. The summed E-state index contributed by atoms with van der Waals surface area (Å²) >= 11 is 0. The molecule has 1 aromatic carbocycles. The molecular weight excluding hydrogens is 256 g/mol. The molecule has 5 nitrogen and oxygen atoms in total. The van der Waals surface area contributed by atoms with Crippen molar-refractivity contribution >= 4 is 11.6 Å². The van der Waals surface area contributed by atoms with Crippen LogP contribution < -0.4 is 14.8 Å². The quantitative estimate of drug-likeness (QED) is 0.929. The summed E-state index contributed by atoms with van der Waals surface area (Å²) in [7, 11) is 3.12. The van der Waals surface area contributed by atoms with Crippen LogP contribution in [0.25, 0.3) is 0 Å². The maximum atomic E-state index is 12.2. The van der Waals surface area contributed by atoms with Crippen LogP contribution in [0.4, 0.5) is 5.69 Å². The maximum Gasteiger partial charge on any atom is 0.255 e. The third-order valence-electron chi connectivity index (χ3n) is 2.93. The Kier molecular flexibility index (Phi) is 4.20. The predicted octanol–water partition coefficient (Wildman–Crippen LogP) is 2.66. The van der Waals surface area contributed by atoms with Gasteiger partial charge in [-0.1, -0.05) is 0 Å². The molecule has 1 aromatic heterocycles. The lowest BCUT2D eigenvalue weighted by Crippen LogP contribution is -2.12. The summed E-state index contributed by atoms with van der Waals surface area (Å²) in [6.45, 7) is 1.88. The van der Waals surface area contributed by atoms with Gasteiger partial charge in [0, 0.05) is 17.3 Å². The number of aromatic nitrogens is 1. The van der Waals surface area contributed by atoms with Crippen LogP contribution in [-0.2, 0) is 0 Å². The Hall–Kier alpha value is -2.56. The molecule has 2 rings (SSSR count). The summed E-state index contributed by atoms with van der Waals surface area (Å²) in [5.41, 5.74) is 1.96. The lowest BCUT2D eigenvalue weighted by Gasteiger charge is -2.12. The van der Waals surface area contributed by atoms with Crippen molar-refractivity contribution in [3.8, 4) is 11.5 Å². The highest BCUT2D eigenvalue weighted by molar-refractivity contribution is 6.04. The average Bonchev–Trinajstić information content (AvgIpc) is 2.48. The van der Waals surface area contributed by atoms with Gasteiger partial charge in [0.05, 0.1) is 26.1 Å². The summed E-state index contributed by atoms with van der Waals surface area (Å²) < 4.78 is 10.5. The standard InChI is InChI=1S/C15H16N2O3/c1-10-13(19-2)7-11(8-14(10)20-3)15(18)17-12-5-4-6-16-9-12/h4-9H,1-3H3,(H,17,18). The molecule has 20 heavy (non-hydrogen) atoms. The van der Waals surface area contributed by atoms with Gasteiger partial charge in [0.25, 0.3) is 5.91 Å². The van der Waals surface area contributed by atoms with Crippen LogP contribution in [0.5, 0.6) is 11.5 Å². The first-order valence-corrected chi connectivity index (χ1v) is 6.09. The van der Waals surface area contributed by atoms with Crippen molar-refractivity contribution < 1.29 is 14.3 Å². The van der Waals surface area contributed by atoms with Crippen LogP contribution in [0, 0.1) is 6.92 Å². The van der Waals surface area contributed by atoms with Crippen LogP contribution in [0.3, 0.4) is 0 Å². The van der Waals surface area contributed by atoms with Gasteiger partial charge in [-0.3, -0.25) is 9.78 Å². The third kappa shape index (κ3) is 2.88. The first-order chi connectivity index (χ1) is 9.65. The van der Waals surface area contributed by atoms with E-state index in [0.29, 0.717) is 22.7 Å². The van der Waals surface area contributed by atoms with E-state index >= 15 is 0 Å². The van der Waals surface area contributed by atoms with E-state index in [1.54, 1.807) is 50.9 Å². The summed E-state index contributed by atoms with van der Waals surface area (Å²) in [6.07, 6.45) is 3.23. The van der Waals surface area contributed by atoms with Crippen LogP contribution in [0.2, 0.25) is 0 Å². The fourth-order valence-electron chi connectivity index (χ4n) is 1.86. The fraction of sp³-hybridized carbons (Fsp3) is 0.200. The fourth-order valence-corrected chi connectivity index (χ4v) is 1.86. The second-order valence-corrected chi connectivity index (χ2v) is 4.20. The number of nitrogens with zero attached hydrogens (tertiary/aromatic N) is 1. The van der Waals surface area contributed by atoms with E-state index in [9.17, 15) is 4.79 Å². The number of carbonyl (C=O) groups is 1. The minimum absolute atomic E-state index is 0.241. The number of nitrogens with one attached hydrogen (secondary N) is 1. The SMILES string of the molecule is COc1cc(C(=O)Nc2cccnc2)cc(OC)c1C. The molecule has 5 heteroatoms. The van der Waals surface area contributed by atoms with Gasteiger partial charge in [-0.05, 0) is 31.2 Å². The molecule has 0 bridgehead atoms. The van der Waals surface area contributed by atoms with Crippen molar-refractivity contribution in [2.24, 2.45) is 0 Å². The van der Waals surface area contributed by atoms with Crippen LogP contribution in [0.1, 0.15) is 15.9 Å². The van der Waals surface area contributed by atoms with E-state index < -0.39 is 0 Å². The van der Waals surface area contributed by atoms with Gasteiger partial charge in [0.1, 0.15) is 11.5 Å². The molecule has 0 saturated carbocycles. The Balaban J connectivity index is 2.30. The molecule has 0 atom stereocenters. The highest BCUT2D eigenvalue weighted by atomic mass is 16.5. The number of hydrogen-bond acceptors (Lipinski definition) is 4. The van der Waals surface area contributed by atoms with Crippen molar-refractivity contribution in [3.05, 3.63) is 47.8 Å². The molecule has 0 fully saturated rings. The topological polar surface area (TPSA) is 60.5 Å². The zero-order valence-electron chi connectivity index (χ0n) is 11.6. The number of amides is 1. The lowest BCUT2D eigenvalue weighted by atomic mass is 10.1. The van der Waals surface area contributed by atoms with Gasteiger partial charge in [-0.25, -0.2) is 0 Å². The van der Waals surface area contributed by atoms with E-state index in [-0.39, 0.29) is 5.91 Å². The number of benzene rings is 1. The molecule has 0 unspecified atom stereocenters. The molecule has 0 spiro atoms. The Bertz CT molecular complexity index is 587. The Labute approximate surface area is 117 Å². The Morgan fingerprint density at radius 3 is 2.35 bits per heavy atom. The van der Waals surface area contributed by atoms with E-state index in [2.05, 4.69) is 10.3 Å². The highest BCUT2D eigenvalue weighted by Gasteiger charge is 2.13. The molecule has 0 aliphatic heterocycles. The van der Waals surface area contributed by atoms with Crippen molar-refractivity contribution in [2.75, 3.05) is 19.5 Å². The third-order valence-corrected chi connectivity index (χ3v) is 2.93. The van der Waals surface area contributed by atoms with Crippen molar-refractivity contribution in [1.82, 2.24) is 4.98 Å². The lowest BCUT2D eigenvalue weighted by molar-refractivity contribution is 0.102. The molecule has 0 aliphatic carbocycles. The first kappa shape index (κ1) is 13.9. The molecule has 2 aromatic rings. The summed E-state index contributed by atoms with van der Waals surface area (Å²) in [5, 5.41) is 2.77. The zero-order valence-corrected chi connectivity index (χ0v) is 11.6. The number of hydrogen-bond donors (Lipinski definition) is 1. The molecule has 0 radical (unpaired) electrons. The molecule has 0 saturated heterocycles. The maximum absolute atomic E-state index is 12.2. The minimum Gasteiger partial charge on any atom is -0.496 e. The molecule has 1 amide bonds. The summed E-state index contributed by atoms with van der Waals surface area (Å²) in [4.78, 5) is 16.2. The normalized spacial score (nSPS) is 9.95. The predicted molar refractivity (Wildman–Crippen MR) is 76.5 cm³/mol. The van der Waals surface area contributed by atoms with Gasteiger partial charge in [0.15, 0.2) is 0 Å². The van der Waals surface area contributed by atoms with E-state index in [0.717, 1.165) is 5.56 Å². The monoisotopic (exact) mass is 272 g/mol. The minimum atomic E-state index is -0.241. The largest absolute Gasteiger partial charge is 0.496 e. The van der Waals surface area contributed by atoms with E-state index in [1.165, 1.54) is 0 Å². The first-order valence-electron chi connectivity index (χ1n) is 6.09. The molecule has 1 N–H and O–H groups in total. The number of rotatable bonds is 4. The van der Waals surface area contributed by atoms with Crippen molar-refractivity contribution in [1.29, 1.82) is 0 Å². The van der Waals surface area contributed by atoms with Gasteiger partial charge in [0.2, 0.25) is 0 Å². The zero-order chi connectivity index (χ0) is 14.5. The molecule has 104 valence electrons. The highest BCUT2D eigenvalue weighted by Crippen LogP contribution is 2.29. The molecule has 0 aliphatic rings. The Morgan fingerprint density at radius 1 is 1.20 bits per heavy atom. The average molecular weight is 272 g/mol. The number of pyridine rings is 1. The molecular formula is C15H16N2O3. The summed E-state index contributed by atoms with van der Waals surface area (Å²) in [6, 6.07) is 6.90. The summed E-state index contributed by atoms with van der Waals surface area (Å²) in [5.74, 6) is 0.982. The van der Waals surface area contributed by atoms with Gasteiger partial charge < -0.3 is 14.8 Å². The smallest absolute Gasteiger partial charge is 0.255 e. The Morgan fingerprint density at radius 2 is 1.85 bits per heavy atom. The van der Waals surface area contributed by atoms with Gasteiger partial charge in [-0.15, -0.1) is 0 Å². The second-order valence-electron chi connectivity index (χ2n) is 4.20. The number of ether oxygens (including phenoxy) is 2.